The Bertz CT molecular complexity index is 1280. The molecule has 0 aliphatic carbocycles. The number of fused-ring (bicyclic) bond motifs is 1. The van der Waals surface area contributed by atoms with Crippen LogP contribution in [0.3, 0.4) is 0 Å². The minimum atomic E-state index is 0.693. The van der Waals surface area contributed by atoms with Crippen molar-refractivity contribution in [2.45, 2.75) is 6.54 Å². The van der Waals surface area contributed by atoms with Crippen molar-refractivity contribution < 1.29 is 0 Å². The molecule has 146 valence electrons. The Balaban J connectivity index is 1.38. The Labute approximate surface area is 180 Å². The van der Waals surface area contributed by atoms with Gasteiger partial charge >= 0.3 is 0 Å². The summed E-state index contributed by atoms with van der Waals surface area (Å²) in [5, 5.41) is 12.7. The number of H-pyrrole nitrogens is 1. The third-order valence-corrected chi connectivity index (χ3v) is 5.57. The molecular weight excluding hydrogens is 390 g/mol. The second-order valence-electron chi connectivity index (χ2n) is 7.23. The zero-order chi connectivity index (χ0) is 20.3. The third-order valence-electron chi connectivity index (χ3n) is 5.26. The standard InChI is InChI=1S/C26H20ClN3/c27-24-16-25-23(15-22(24)21-9-5-2-6-10-21)26(30-29-25)28-17-18-11-13-20(14-12-18)19-7-3-1-4-8-19/h1-16H,17H2,(H2,28,29,30). The van der Waals surface area contributed by atoms with Crippen LogP contribution in [0.4, 0.5) is 5.82 Å². The van der Waals surface area contributed by atoms with Crippen LogP contribution in [-0.4, -0.2) is 10.2 Å². The van der Waals surface area contributed by atoms with Gasteiger partial charge in [-0.25, -0.2) is 0 Å². The SMILES string of the molecule is Clc1cc2[nH]nc(NCc3ccc(-c4ccccc4)cc3)c2cc1-c1ccccc1. The van der Waals surface area contributed by atoms with Crippen molar-refractivity contribution in [3.63, 3.8) is 0 Å². The molecule has 0 bridgehead atoms. The molecule has 30 heavy (non-hydrogen) atoms. The molecule has 5 rings (SSSR count). The van der Waals surface area contributed by atoms with Gasteiger partial charge in [-0.3, -0.25) is 5.10 Å². The molecule has 1 heterocycles. The van der Waals surface area contributed by atoms with Crippen LogP contribution in [0.25, 0.3) is 33.2 Å². The number of nitrogens with one attached hydrogen (secondary N) is 2. The van der Waals surface area contributed by atoms with Crippen LogP contribution < -0.4 is 5.32 Å². The Kier molecular flexibility index (Phi) is 4.96. The highest BCUT2D eigenvalue weighted by Crippen LogP contribution is 2.34. The molecule has 4 heteroatoms. The summed E-state index contributed by atoms with van der Waals surface area (Å²) in [6.07, 6.45) is 0. The first-order chi connectivity index (χ1) is 14.8. The van der Waals surface area contributed by atoms with Gasteiger partial charge in [-0.2, -0.15) is 5.10 Å². The number of nitrogens with zero attached hydrogens (tertiary/aromatic N) is 1. The minimum absolute atomic E-state index is 0.693. The summed E-state index contributed by atoms with van der Waals surface area (Å²) in [6.45, 7) is 0.693. The molecule has 5 aromatic rings. The molecule has 1 aromatic heterocycles. The van der Waals surface area contributed by atoms with E-state index in [2.05, 4.69) is 82.2 Å². The van der Waals surface area contributed by atoms with Gasteiger partial charge in [0, 0.05) is 17.5 Å². The maximum Gasteiger partial charge on any atom is 0.156 e. The van der Waals surface area contributed by atoms with E-state index < -0.39 is 0 Å². The highest BCUT2D eigenvalue weighted by Gasteiger charge is 2.11. The van der Waals surface area contributed by atoms with E-state index in [4.69, 9.17) is 11.6 Å². The number of anilines is 1. The number of hydrogen-bond acceptors (Lipinski definition) is 2. The first-order valence-electron chi connectivity index (χ1n) is 9.89. The number of hydrogen-bond donors (Lipinski definition) is 2. The molecule has 0 saturated heterocycles. The quantitative estimate of drug-likeness (QED) is 0.323. The number of aromatic nitrogens is 2. The van der Waals surface area contributed by atoms with Gasteiger partial charge in [0.1, 0.15) is 0 Å². The van der Waals surface area contributed by atoms with E-state index in [1.54, 1.807) is 0 Å². The Morgan fingerprint density at radius 1 is 0.733 bits per heavy atom. The summed E-state index contributed by atoms with van der Waals surface area (Å²) in [6, 6.07) is 33.2. The van der Waals surface area contributed by atoms with Crippen LogP contribution in [0, 0.1) is 0 Å². The Morgan fingerprint density at radius 2 is 1.37 bits per heavy atom. The average Bonchev–Trinajstić information content (AvgIpc) is 3.20. The fraction of sp³-hybridized carbons (Fsp3) is 0.0385. The van der Waals surface area contributed by atoms with Crippen molar-refractivity contribution in [2.24, 2.45) is 0 Å². The molecule has 0 atom stereocenters. The predicted molar refractivity (Wildman–Crippen MR) is 126 cm³/mol. The van der Waals surface area contributed by atoms with E-state index in [1.807, 2.05) is 30.3 Å². The zero-order valence-corrected chi connectivity index (χ0v) is 17.0. The van der Waals surface area contributed by atoms with E-state index in [9.17, 15) is 0 Å². The van der Waals surface area contributed by atoms with Gasteiger partial charge in [-0.05, 0) is 34.4 Å². The van der Waals surface area contributed by atoms with Gasteiger partial charge in [0.2, 0.25) is 0 Å². The molecule has 0 unspecified atom stereocenters. The molecule has 4 aromatic carbocycles. The van der Waals surface area contributed by atoms with Crippen LogP contribution in [0.5, 0.6) is 0 Å². The van der Waals surface area contributed by atoms with E-state index in [0.717, 1.165) is 27.8 Å². The number of aromatic amines is 1. The summed E-state index contributed by atoms with van der Waals surface area (Å²) in [5.41, 5.74) is 6.64. The van der Waals surface area contributed by atoms with Crippen molar-refractivity contribution in [1.82, 2.24) is 10.2 Å². The lowest BCUT2D eigenvalue weighted by atomic mass is 10.0. The van der Waals surface area contributed by atoms with Crippen molar-refractivity contribution in [1.29, 1.82) is 0 Å². The molecule has 2 N–H and O–H groups in total. The highest BCUT2D eigenvalue weighted by atomic mass is 35.5. The van der Waals surface area contributed by atoms with Crippen LogP contribution in [0.15, 0.2) is 97.1 Å². The minimum Gasteiger partial charge on any atom is -0.364 e. The monoisotopic (exact) mass is 409 g/mol. The smallest absolute Gasteiger partial charge is 0.156 e. The third kappa shape index (κ3) is 3.68. The molecule has 0 saturated carbocycles. The van der Waals surface area contributed by atoms with Gasteiger partial charge < -0.3 is 5.32 Å². The van der Waals surface area contributed by atoms with E-state index in [1.165, 1.54) is 16.7 Å². The van der Waals surface area contributed by atoms with E-state index in [0.29, 0.717) is 11.6 Å². The van der Waals surface area contributed by atoms with Crippen molar-refractivity contribution in [3.05, 3.63) is 108 Å². The van der Waals surface area contributed by atoms with Gasteiger partial charge in [0.05, 0.1) is 10.5 Å². The Morgan fingerprint density at radius 3 is 2.07 bits per heavy atom. The average molecular weight is 410 g/mol. The topological polar surface area (TPSA) is 40.7 Å². The van der Waals surface area contributed by atoms with Crippen LogP contribution >= 0.6 is 11.6 Å². The van der Waals surface area contributed by atoms with Gasteiger partial charge in [0.15, 0.2) is 5.82 Å². The molecule has 0 aliphatic heterocycles. The molecule has 0 spiro atoms. The number of halogens is 1. The second-order valence-corrected chi connectivity index (χ2v) is 7.64. The normalized spacial score (nSPS) is 11.0. The van der Waals surface area contributed by atoms with E-state index in [-0.39, 0.29) is 0 Å². The second kappa shape index (κ2) is 8.05. The zero-order valence-electron chi connectivity index (χ0n) is 16.3. The molecule has 3 nitrogen and oxygen atoms in total. The summed E-state index contributed by atoms with van der Waals surface area (Å²) in [7, 11) is 0. The fourth-order valence-electron chi connectivity index (χ4n) is 3.64. The van der Waals surface area contributed by atoms with Crippen LogP contribution in [-0.2, 0) is 6.54 Å². The summed E-state index contributed by atoms with van der Waals surface area (Å²) < 4.78 is 0. The highest BCUT2D eigenvalue weighted by molar-refractivity contribution is 6.34. The lowest BCUT2D eigenvalue weighted by Crippen LogP contribution is -2.00. The lowest BCUT2D eigenvalue weighted by molar-refractivity contribution is 1.06. The van der Waals surface area contributed by atoms with Crippen LogP contribution in [0.1, 0.15) is 5.56 Å². The number of benzene rings is 4. The van der Waals surface area contributed by atoms with Crippen molar-refractivity contribution in [3.8, 4) is 22.3 Å². The first kappa shape index (κ1) is 18.5. The number of rotatable bonds is 5. The lowest BCUT2D eigenvalue weighted by Gasteiger charge is -2.08. The predicted octanol–water partition coefficient (Wildman–Crippen LogP) is 7.16. The molecule has 0 amide bonds. The van der Waals surface area contributed by atoms with Gasteiger partial charge in [-0.1, -0.05) is 96.5 Å². The van der Waals surface area contributed by atoms with Gasteiger partial charge in [-0.15, -0.1) is 0 Å². The van der Waals surface area contributed by atoms with E-state index >= 15 is 0 Å². The first-order valence-corrected chi connectivity index (χ1v) is 10.3. The molecular formula is C26H20ClN3. The molecule has 0 fully saturated rings. The van der Waals surface area contributed by atoms with Crippen molar-refractivity contribution >= 4 is 28.3 Å². The maximum absolute atomic E-state index is 6.52. The Hall–Kier alpha value is -3.56. The van der Waals surface area contributed by atoms with Crippen LogP contribution in [0.2, 0.25) is 5.02 Å². The summed E-state index contributed by atoms with van der Waals surface area (Å²) >= 11 is 6.52. The largest absolute Gasteiger partial charge is 0.364 e. The molecule has 0 radical (unpaired) electrons. The van der Waals surface area contributed by atoms with Gasteiger partial charge in [0.25, 0.3) is 0 Å². The summed E-state index contributed by atoms with van der Waals surface area (Å²) in [4.78, 5) is 0. The maximum atomic E-state index is 6.52. The van der Waals surface area contributed by atoms with Crippen molar-refractivity contribution in [2.75, 3.05) is 5.32 Å². The fourth-order valence-corrected chi connectivity index (χ4v) is 3.92. The summed E-state index contributed by atoms with van der Waals surface area (Å²) in [5.74, 6) is 0.825. The molecule has 0 aliphatic rings.